The minimum absolute atomic E-state index is 0.191. The van der Waals surface area contributed by atoms with E-state index >= 15 is 0 Å². The van der Waals surface area contributed by atoms with Crippen LogP contribution < -0.4 is 14.2 Å². The van der Waals surface area contributed by atoms with Crippen molar-refractivity contribution in [2.45, 2.75) is 6.42 Å². The SMILES string of the molecule is COC(=O)CC(=O)c1c(OC)cc(OC)cc1OC. The molecule has 0 fully saturated rings. The Morgan fingerprint density at radius 3 is 1.84 bits per heavy atom. The quantitative estimate of drug-likeness (QED) is 0.442. The van der Waals surface area contributed by atoms with Gasteiger partial charge in [-0.3, -0.25) is 9.59 Å². The van der Waals surface area contributed by atoms with Crippen molar-refractivity contribution in [2.75, 3.05) is 28.4 Å². The molecule has 0 atom stereocenters. The number of benzene rings is 1. The second kappa shape index (κ2) is 6.63. The lowest BCUT2D eigenvalue weighted by atomic mass is 10.1. The van der Waals surface area contributed by atoms with Crippen molar-refractivity contribution in [3.05, 3.63) is 17.7 Å². The van der Waals surface area contributed by atoms with Crippen molar-refractivity contribution < 1.29 is 28.5 Å². The molecule has 0 aliphatic rings. The molecule has 0 radical (unpaired) electrons. The maximum atomic E-state index is 12.1. The zero-order chi connectivity index (χ0) is 14.4. The molecule has 0 aromatic heterocycles. The van der Waals surface area contributed by atoms with Gasteiger partial charge in [0.2, 0.25) is 0 Å². The molecule has 6 nitrogen and oxygen atoms in total. The summed E-state index contributed by atoms with van der Waals surface area (Å²) < 4.78 is 19.8. The number of hydrogen-bond donors (Lipinski definition) is 0. The predicted molar refractivity (Wildman–Crippen MR) is 67.1 cm³/mol. The highest BCUT2D eigenvalue weighted by Crippen LogP contribution is 2.34. The van der Waals surface area contributed by atoms with Crippen LogP contribution in [-0.4, -0.2) is 40.2 Å². The van der Waals surface area contributed by atoms with Gasteiger partial charge in [-0.2, -0.15) is 0 Å². The molecule has 104 valence electrons. The van der Waals surface area contributed by atoms with Crippen molar-refractivity contribution in [2.24, 2.45) is 0 Å². The van der Waals surface area contributed by atoms with Crippen LogP contribution in [0.2, 0.25) is 0 Å². The molecule has 0 unspecified atom stereocenters. The maximum absolute atomic E-state index is 12.1. The minimum atomic E-state index is -0.620. The Kier molecular flexibility index (Phi) is 5.17. The summed E-state index contributed by atoms with van der Waals surface area (Å²) in [6.45, 7) is 0. The van der Waals surface area contributed by atoms with Crippen LogP contribution >= 0.6 is 0 Å². The van der Waals surface area contributed by atoms with Gasteiger partial charge >= 0.3 is 5.97 Å². The number of hydrogen-bond acceptors (Lipinski definition) is 6. The Morgan fingerprint density at radius 2 is 1.47 bits per heavy atom. The van der Waals surface area contributed by atoms with Crippen molar-refractivity contribution in [3.8, 4) is 17.2 Å². The van der Waals surface area contributed by atoms with Crippen molar-refractivity contribution in [1.82, 2.24) is 0 Å². The first-order valence-electron chi connectivity index (χ1n) is 5.47. The lowest BCUT2D eigenvalue weighted by Gasteiger charge is -2.13. The van der Waals surface area contributed by atoms with Crippen LogP contribution in [0.5, 0.6) is 17.2 Å². The summed E-state index contributed by atoms with van der Waals surface area (Å²) in [6, 6.07) is 3.10. The van der Waals surface area contributed by atoms with E-state index in [2.05, 4.69) is 4.74 Å². The zero-order valence-electron chi connectivity index (χ0n) is 11.3. The highest BCUT2D eigenvalue weighted by molar-refractivity contribution is 6.09. The molecule has 0 amide bonds. The number of carbonyl (C=O) groups is 2. The Hall–Kier alpha value is -2.24. The Balaban J connectivity index is 3.23. The van der Waals surface area contributed by atoms with Gasteiger partial charge in [0.25, 0.3) is 0 Å². The summed E-state index contributed by atoms with van der Waals surface area (Å²) in [5, 5.41) is 0. The molecule has 0 saturated carbocycles. The average Bonchev–Trinajstić information content (AvgIpc) is 2.44. The van der Waals surface area contributed by atoms with E-state index in [1.54, 1.807) is 12.1 Å². The number of rotatable bonds is 6. The topological polar surface area (TPSA) is 71.1 Å². The van der Waals surface area contributed by atoms with E-state index in [1.807, 2.05) is 0 Å². The van der Waals surface area contributed by atoms with E-state index in [0.29, 0.717) is 5.75 Å². The first-order chi connectivity index (χ1) is 9.07. The second-order valence-corrected chi connectivity index (χ2v) is 3.58. The van der Waals surface area contributed by atoms with Gasteiger partial charge in [-0.1, -0.05) is 0 Å². The zero-order valence-corrected chi connectivity index (χ0v) is 11.3. The summed E-state index contributed by atoms with van der Waals surface area (Å²) in [5.41, 5.74) is 0.191. The van der Waals surface area contributed by atoms with Crippen molar-refractivity contribution in [1.29, 1.82) is 0 Å². The number of carbonyl (C=O) groups excluding carboxylic acids is 2. The van der Waals surface area contributed by atoms with Gasteiger partial charge in [0, 0.05) is 12.1 Å². The molecule has 6 heteroatoms. The van der Waals surface area contributed by atoms with Crippen LogP contribution in [0.1, 0.15) is 16.8 Å². The normalized spacial score (nSPS) is 9.68. The van der Waals surface area contributed by atoms with E-state index in [-0.39, 0.29) is 23.5 Å². The molecule has 0 aliphatic heterocycles. The summed E-state index contributed by atoms with van der Waals surface area (Å²) in [5.74, 6) is -0.00773. The number of esters is 1. The summed E-state index contributed by atoms with van der Waals surface area (Å²) in [6.07, 6.45) is -0.379. The Morgan fingerprint density at radius 1 is 0.947 bits per heavy atom. The van der Waals surface area contributed by atoms with Crippen LogP contribution in [-0.2, 0) is 9.53 Å². The van der Waals surface area contributed by atoms with Gasteiger partial charge in [-0.05, 0) is 0 Å². The fourth-order valence-corrected chi connectivity index (χ4v) is 1.57. The number of methoxy groups -OCH3 is 4. The third-order valence-electron chi connectivity index (χ3n) is 2.53. The summed E-state index contributed by atoms with van der Waals surface area (Å²) in [7, 11) is 5.55. The van der Waals surface area contributed by atoms with Gasteiger partial charge < -0.3 is 18.9 Å². The lowest BCUT2D eigenvalue weighted by Crippen LogP contribution is -2.12. The van der Waals surface area contributed by atoms with E-state index in [9.17, 15) is 9.59 Å². The van der Waals surface area contributed by atoms with Crippen LogP contribution in [0.15, 0.2) is 12.1 Å². The molecule has 19 heavy (non-hydrogen) atoms. The molecular formula is C13H16O6. The molecule has 0 N–H and O–H groups in total. The van der Waals surface area contributed by atoms with Crippen molar-refractivity contribution >= 4 is 11.8 Å². The molecule has 1 aromatic carbocycles. The lowest BCUT2D eigenvalue weighted by molar-refractivity contribution is -0.139. The Bertz CT molecular complexity index is 455. The van der Waals surface area contributed by atoms with Crippen LogP contribution in [0.3, 0.4) is 0 Å². The number of ketones is 1. The Labute approximate surface area is 111 Å². The second-order valence-electron chi connectivity index (χ2n) is 3.58. The fraction of sp³-hybridized carbons (Fsp3) is 0.385. The molecule has 0 saturated heterocycles. The number of ether oxygens (including phenoxy) is 4. The highest BCUT2D eigenvalue weighted by atomic mass is 16.5. The summed E-state index contributed by atoms with van der Waals surface area (Å²) in [4.78, 5) is 23.2. The monoisotopic (exact) mass is 268 g/mol. The number of Topliss-reactive ketones (excluding diaryl/α,β-unsaturated/α-hetero) is 1. The van der Waals surface area contributed by atoms with Crippen molar-refractivity contribution in [3.63, 3.8) is 0 Å². The largest absolute Gasteiger partial charge is 0.496 e. The van der Waals surface area contributed by atoms with Gasteiger partial charge in [-0.15, -0.1) is 0 Å². The van der Waals surface area contributed by atoms with Gasteiger partial charge in [0.05, 0.1) is 28.4 Å². The van der Waals surface area contributed by atoms with Crippen LogP contribution in [0.25, 0.3) is 0 Å². The van der Waals surface area contributed by atoms with E-state index in [4.69, 9.17) is 14.2 Å². The fourth-order valence-electron chi connectivity index (χ4n) is 1.57. The van der Waals surface area contributed by atoms with E-state index < -0.39 is 11.8 Å². The molecule has 1 aromatic rings. The molecule has 0 spiro atoms. The average molecular weight is 268 g/mol. The standard InChI is InChI=1S/C13H16O6/c1-16-8-5-10(17-2)13(11(6-8)18-3)9(14)7-12(15)19-4/h5-6H,7H2,1-4H3. The minimum Gasteiger partial charge on any atom is -0.496 e. The molecule has 1 rings (SSSR count). The van der Waals surface area contributed by atoms with E-state index in [0.717, 1.165) is 0 Å². The summed E-state index contributed by atoms with van der Waals surface area (Å²) >= 11 is 0. The van der Waals surface area contributed by atoms with Gasteiger partial charge in [-0.25, -0.2) is 0 Å². The van der Waals surface area contributed by atoms with Crippen LogP contribution in [0.4, 0.5) is 0 Å². The first kappa shape index (κ1) is 14.8. The van der Waals surface area contributed by atoms with Gasteiger partial charge in [0.1, 0.15) is 29.2 Å². The maximum Gasteiger partial charge on any atom is 0.313 e. The van der Waals surface area contributed by atoms with Crippen LogP contribution in [0, 0.1) is 0 Å². The molecule has 0 aliphatic carbocycles. The predicted octanol–water partition coefficient (Wildman–Crippen LogP) is 1.46. The highest BCUT2D eigenvalue weighted by Gasteiger charge is 2.22. The first-order valence-corrected chi connectivity index (χ1v) is 5.47. The molecular weight excluding hydrogens is 252 g/mol. The van der Waals surface area contributed by atoms with Gasteiger partial charge in [0.15, 0.2) is 5.78 Å². The van der Waals surface area contributed by atoms with E-state index in [1.165, 1.54) is 28.4 Å². The smallest absolute Gasteiger partial charge is 0.313 e. The third-order valence-corrected chi connectivity index (χ3v) is 2.53. The third kappa shape index (κ3) is 3.37. The molecule has 0 bridgehead atoms. The molecule has 0 heterocycles.